The molecular formula is C13H13F2NO3S2. The molecule has 1 N–H and O–H groups in total. The van der Waals surface area contributed by atoms with Crippen molar-refractivity contribution >= 4 is 35.4 Å². The average molecular weight is 333 g/mol. The zero-order valence-corrected chi connectivity index (χ0v) is 12.5. The van der Waals surface area contributed by atoms with Crippen molar-refractivity contribution in [2.45, 2.75) is 16.7 Å². The lowest BCUT2D eigenvalue weighted by molar-refractivity contribution is -0.141. The van der Waals surface area contributed by atoms with Crippen LogP contribution in [0.1, 0.15) is 10.4 Å². The van der Waals surface area contributed by atoms with Crippen LogP contribution < -0.4 is 0 Å². The number of rotatable bonds is 4. The number of carbonyl (C=O) groups is 2. The maximum absolute atomic E-state index is 12.6. The Morgan fingerprint density at radius 3 is 2.76 bits per heavy atom. The number of nitrogens with zero attached hydrogens (tertiary/aromatic N) is 1. The molecule has 1 fully saturated rings. The largest absolute Gasteiger partial charge is 0.480 e. The Morgan fingerprint density at radius 2 is 2.10 bits per heavy atom. The quantitative estimate of drug-likeness (QED) is 0.859. The van der Waals surface area contributed by atoms with Crippen molar-refractivity contribution in [1.82, 2.24) is 4.90 Å². The smallest absolute Gasteiger partial charge is 0.327 e. The van der Waals surface area contributed by atoms with Crippen LogP contribution in [-0.2, 0) is 4.79 Å². The standard InChI is InChI=1S/C13H13F2NO3S2/c14-13(15)21-10-4-2-1-3-8(10)11(17)16-5-6-20-7-9(16)12(18)19/h1-4,9,13H,5-7H2,(H,18,19). The van der Waals surface area contributed by atoms with Crippen LogP contribution in [0.3, 0.4) is 0 Å². The van der Waals surface area contributed by atoms with E-state index in [-0.39, 0.29) is 10.5 Å². The van der Waals surface area contributed by atoms with Crippen LogP contribution in [0.25, 0.3) is 0 Å². The van der Waals surface area contributed by atoms with E-state index >= 15 is 0 Å². The van der Waals surface area contributed by atoms with Crippen molar-refractivity contribution in [1.29, 1.82) is 0 Å². The summed E-state index contributed by atoms with van der Waals surface area (Å²) < 4.78 is 25.1. The topological polar surface area (TPSA) is 57.6 Å². The lowest BCUT2D eigenvalue weighted by Crippen LogP contribution is -2.50. The number of carbonyl (C=O) groups excluding carboxylic acids is 1. The Hall–Kier alpha value is -1.28. The molecule has 0 saturated carbocycles. The van der Waals surface area contributed by atoms with Gasteiger partial charge in [0.25, 0.3) is 11.7 Å². The summed E-state index contributed by atoms with van der Waals surface area (Å²) in [6.07, 6.45) is 0. The molecule has 0 radical (unpaired) electrons. The highest BCUT2D eigenvalue weighted by Crippen LogP contribution is 2.30. The minimum Gasteiger partial charge on any atom is -0.480 e. The molecule has 1 saturated heterocycles. The molecule has 0 bridgehead atoms. The summed E-state index contributed by atoms with van der Waals surface area (Å²) >= 11 is 1.76. The van der Waals surface area contributed by atoms with Crippen LogP contribution in [-0.4, -0.2) is 51.7 Å². The van der Waals surface area contributed by atoms with Gasteiger partial charge in [0.2, 0.25) is 0 Å². The maximum atomic E-state index is 12.6. The molecule has 2 rings (SSSR count). The second-order valence-electron chi connectivity index (χ2n) is 4.30. The molecule has 114 valence electrons. The highest BCUT2D eigenvalue weighted by molar-refractivity contribution is 7.99. The second kappa shape index (κ2) is 7.13. The lowest BCUT2D eigenvalue weighted by atomic mass is 10.1. The predicted molar refractivity (Wildman–Crippen MR) is 78.1 cm³/mol. The van der Waals surface area contributed by atoms with Crippen LogP contribution in [0.2, 0.25) is 0 Å². The van der Waals surface area contributed by atoms with Gasteiger partial charge in [0.1, 0.15) is 6.04 Å². The van der Waals surface area contributed by atoms with E-state index < -0.39 is 23.7 Å². The van der Waals surface area contributed by atoms with Crippen LogP contribution in [0.4, 0.5) is 8.78 Å². The lowest BCUT2D eigenvalue weighted by Gasteiger charge is -2.33. The number of thioether (sulfide) groups is 2. The zero-order chi connectivity index (χ0) is 15.4. The molecule has 8 heteroatoms. The normalized spacial score (nSPS) is 18.8. The molecule has 1 aliphatic heterocycles. The summed E-state index contributed by atoms with van der Waals surface area (Å²) in [5.74, 6) is -3.27. The molecule has 1 unspecified atom stereocenters. The van der Waals surface area contributed by atoms with E-state index in [1.807, 2.05) is 0 Å². The first-order valence-electron chi connectivity index (χ1n) is 6.16. The van der Waals surface area contributed by atoms with Crippen LogP contribution in [0.15, 0.2) is 29.2 Å². The van der Waals surface area contributed by atoms with E-state index in [2.05, 4.69) is 0 Å². The highest BCUT2D eigenvalue weighted by Gasteiger charge is 2.33. The molecule has 0 aromatic heterocycles. The van der Waals surface area contributed by atoms with Crippen molar-refractivity contribution in [3.63, 3.8) is 0 Å². The van der Waals surface area contributed by atoms with E-state index in [4.69, 9.17) is 0 Å². The first kappa shape index (κ1) is 16.1. The minimum atomic E-state index is -2.63. The average Bonchev–Trinajstić information content (AvgIpc) is 2.46. The number of carboxylic acids is 1. The van der Waals surface area contributed by atoms with Gasteiger partial charge >= 0.3 is 5.97 Å². The van der Waals surface area contributed by atoms with E-state index in [9.17, 15) is 23.5 Å². The molecule has 1 aromatic carbocycles. The van der Waals surface area contributed by atoms with Crippen molar-refractivity contribution in [2.24, 2.45) is 0 Å². The van der Waals surface area contributed by atoms with Crippen LogP contribution in [0, 0.1) is 0 Å². The van der Waals surface area contributed by atoms with Crippen molar-refractivity contribution < 1.29 is 23.5 Å². The van der Waals surface area contributed by atoms with Gasteiger partial charge in [-0.15, -0.1) is 0 Å². The number of halogens is 2. The number of carboxylic acid groups (broad SMARTS) is 1. The fraction of sp³-hybridized carbons (Fsp3) is 0.385. The van der Waals surface area contributed by atoms with Gasteiger partial charge in [-0.3, -0.25) is 4.79 Å². The Morgan fingerprint density at radius 1 is 1.38 bits per heavy atom. The molecular weight excluding hydrogens is 320 g/mol. The number of amides is 1. The van der Waals surface area contributed by atoms with Gasteiger partial charge in [-0.05, 0) is 12.1 Å². The Bertz CT molecular complexity index is 542. The summed E-state index contributed by atoms with van der Waals surface area (Å²) in [4.78, 5) is 25.2. The predicted octanol–water partition coefficient (Wildman–Crippen LogP) is 2.64. The summed E-state index contributed by atoms with van der Waals surface area (Å²) in [5.41, 5.74) is 0.126. The molecule has 21 heavy (non-hydrogen) atoms. The van der Waals surface area contributed by atoms with Gasteiger partial charge < -0.3 is 10.0 Å². The van der Waals surface area contributed by atoms with E-state index in [0.717, 1.165) is 0 Å². The molecule has 1 atom stereocenters. The maximum Gasteiger partial charge on any atom is 0.327 e. The molecule has 1 aliphatic rings. The fourth-order valence-electron chi connectivity index (χ4n) is 2.05. The van der Waals surface area contributed by atoms with Gasteiger partial charge in [-0.25, -0.2) is 4.79 Å². The van der Waals surface area contributed by atoms with Crippen molar-refractivity contribution in [3.8, 4) is 0 Å². The number of alkyl halides is 2. The highest BCUT2D eigenvalue weighted by atomic mass is 32.2. The van der Waals surface area contributed by atoms with Crippen molar-refractivity contribution in [2.75, 3.05) is 18.1 Å². The third kappa shape index (κ3) is 3.88. The first-order valence-corrected chi connectivity index (χ1v) is 8.19. The summed E-state index contributed by atoms with van der Waals surface area (Å²) in [7, 11) is 0. The molecule has 1 aromatic rings. The number of hydrogen-bond donors (Lipinski definition) is 1. The minimum absolute atomic E-state index is 0.126. The Kier molecular flexibility index (Phi) is 5.46. The summed E-state index contributed by atoms with van der Waals surface area (Å²) in [5, 5.41) is 9.19. The van der Waals surface area contributed by atoms with Gasteiger partial charge in [-0.1, -0.05) is 23.9 Å². The third-order valence-electron chi connectivity index (χ3n) is 3.01. The van der Waals surface area contributed by atoms with E-state index in [1.54, 1.807) is 12.1 Å². The van der Waals surface area contributed by atoms with Gasteiger partial charge in [0.15, 0.2) is 0 Å². The number of hydrogen-bond acceptors (Lipinski definition) is 4. The first-order chi connectivity index (χ1) is 10.0. The monoisotopic (exact) mass is 333 g/mol. The fourth-order valence-corrected chi connectivity index (χ4v) is 3.72. The van der Waals surface area contributed by atoms with Crippen LogP contribution in [0.5, 0.6) is 0 Å². The molecule has 1 heterocycles. The van der Waals surface area contributed by atoms with Crippen molar-refractivity contribution in [3.05, 3.63) is 29.8 Å². The Balaban J connectivity index is 2.28. The second-order valence-corrected chi connectivity index (χ2v) is 6.48. The van der Waals surface area contributed by atoms with E-state index in [1.165, 1.54) is 28.8 Å². The SMILES string of the molecule is O=C(O)C1CSCCN1C(=O)c1ccccc1SC(F)F. The Labute approximate surface area is 128 Å². The molecule has 0 spiro atoms. The van der Waals surface area contributed by atoms with Gasteiger partial charge in [0.05, 0.1) is 5.56 Å². The van der Waals surface area contributed by atoms with Crippen LogP contribution >= 0.6 is 23.5 Å². The third-order valence-corrected chi connectivity index (χ3v) is 4.82. The summed E-state index contributed by atoms with van der Waals surface area (Å²) in [6.45, 7) is 0.300. The molecule has 0 aliphatic carbocycles. The summed E-state index contributed by atoms with van der Waals surface area (Å²) in [6, 6.07) is 5.13. The van der Waals surface area contributed by atoms with Gasteiger partial charge in [0, 0.05) is 22.9 Å². The number of benzene rings is 1. The molecule has 4 nitrogen and oxygen atoms in total. The van der Waals surface area contributed by atoms with Gasteiger partial charge in [-0.2, -0.15) is 20.5 Å². The van der Waals surface area contributed by atoms with E-state index in [0.29, 0.717) is 29.8 Å². The zero-order valence-electron chi connectivity index (χ0n) is 10.9. The number of aliphatic carboxylic acids is 1. The molecule has 1 amide bonds.